The predicted molar refractivity (Wildman–Crippen MR) is 120 cm³/mol. The molecule has 4 rings (SSSR count). The van der Waals surface area contributed by atoms with E-state index in [1.165, 1.54) is 36.4 Å². The molecule has 0 unspecified atom stereocenters. The van der Waals surface area contributed by atoms with E-state index in [0.29, 0.717) is 11.2 Å². The van der Waals surface area contributed by atoms with E-state index in [1.807, 2.05) is 18.2 Å². The van der Waals surface area contributed by atoms with Gasteiger partial charge in [-0.05, 0) is 36.4 Å². The lowest BCUT2D eigenvalue weighted by atomic mass is 10.1. The first kappa shape index (κ1) is 20.8. The standard InChI is InChI=1S/C23H13ClN4O4/c24-16-6-8-18(20(12-16)28(30)31)21-9-7-17(32-21)11-15(13-25)23(29)27-19-5-1-3-14-4-2-10-26-22(14)19/h1-12H,(H,27,29)/b15-11+. The van der Waals surface area contributed by atoms with Crippen molar-refractivity contribution in [3.05, 3.63) is 93.3 Å². The number of hydrogen-bond acceptors (Lipinski definition) is 6. The number of aromatic nitrogens is 1. The Labute approximate surface area is 186 Å². The van der Waals surface area contributed by atoms with E-state index in [1.54, 1.807) is 24.4 Å². The molecule has 0 radical (unpaired) electrons. The molecule has 0 fully saturated rings. The highest BCUT2D eigenvalue weighted by Crippen LogP contribution is 2.33. The Balaban J connectivity index is 1.62. The number of carbonyl (C=O) groups excluding carboxylic acids is 1. The molecule has 0 aliphatic heterocycles. The van der Waals surface area contributed by atoms with E-state index in [-0.39, 0.29) is 33.4 Å². The number of furan rings is 1. The van der Waals surface area contributed by atoms with Crippen molar-refractivity contribution in [3.63, 3.8) is 0 Å². The zero-order valence-corrected chi connectivity index (χ0v) is 17.0. The lowest BCUT2D eigenvalue weighted by molar-refractivity contribution is -0.384. The topological polar surface area (TPSA) is 122 Å². The molecule has 2 heterocycles. The fraction of sp³-hybridized carbons (Fsp3) is 0. The van der Waals surface area contributed by atoms with E-state index in [9.17, 15) is 20.2 Å². The van der Waals surface area contributed by atoms with Gasteiger partial charge in [-0.3, -0.25) is 19.9 Å². The minimum Gasteiger partial charge on any atom is -0.456 e. The maximum Gasteiger partial charge on any atom is 0.281 e. The number of carbonyl (C=O) groups is 1. The van der Waals surface area contributed by atoms with Crippen molar-refractivity contribution >= 4 is 45.9 Å². The minimum absolute atomic E-state index is 0.187. The van der Waals surface area contributed by atoms with Gasteiger partial charge in [0, 0.05) is 28.7 Å². The molecule has 0 atom stereocenters. The Morgan fingerprint density at radius 2 is 2.00 bits per heavy atom. The molecule has 0 aliphatic carbocycles. The first-order chi connectivity index (χ1) is 15.5. The predicted octanol–water partition coefficient (Wildman–Crippen LogP) is 5.60. The summed E-state index contributed by atoms with van der Waals surface area (Å²) in [5, 5.41) is 24.6. The molecular formula is C23H13ClN4O4. The molecular weight excluding hydrogens is 432 g/mol. The number of nitriles is 1. The summed E-state index contributed by atoms with van der Waals surface area (Å²) >= 11 is 5.85. The SMILES string of the molecule is N#C/C(=C\c1ccc(-c2ccc(Cl)cc2[N+](=O)[O-])o1)C(=O)Nc1cccc2cccnc12. The number of nitrogens with one attached hydrogen (secondary N) is 1. The van der Waals surface area contributed by atoms with Gasteiger partial charge < -0.3 is 9.73 Å². The zero-order valence-electron chi connectivity index (χ0n) is 16.3. The fourth-order valence-corrected chi connectivity index (χ4v) is 3.29. The number of nitro benzene ring substituents is 1. The Hall–Kier alpha value is -4.48. The molecule has 1 N–H and O–H groups in total. The van der Waals surface area contributed by atoms with Crippen LogP contribution in [0.25, 0.3) is 28.3 Å². The van der Waals surface area contributed by atoms with Crippen LogP contribution in [-0.4, -0.2) is 15.8 Å². The summed E-state index contributed by atoms with van der Waals surface area (Å²) in [4.78, 5) is 27.7. The number of halogens is 1. The second-order valence-electron chi connectivity index (χ2n) is 6.63. The quantitative estimate of drug-likeness (QED) is 0.185. The molecule has 0 spiro atoms. The molecule has 2 aromatic heterocycles. The third-order valence-electron chi connectivity index (χ3n) is 4.58. The largest absolute Gasteiger partial charge is 0.456 e. The first-order valence-corrected chi connectivity index (χ1v) is 9.65. The second kappa shape index (κ2) is 8.71. The maximum atomic E-state index is 12.7. The van der Waals surface area contributed by atoms with E-state index in [4.69, 9.17) is 16.0 Å². The highest BCUT2D eigenvalue weighted by atomic mass is 35.5. The van der Waals surface area contributed by atoms with Crippen LogP contribution in [0.2, 0.25) is 5.02 Å². The van der Waals surface area contributed by atoms with Crippen molar-refractivity contribution in [3.8, 4) is 17.4 Å². The van der Waals surface area contributed by atoms with Gasteiger partial charge in [0.2, 0.25) is 0 Å². The second-order valence-corrected chi connectivity index (χ2v) is 7.06. The smallest absolute Gasteiger partial charge is 0.281 e. The molecule has 0 saturated heterocycles. The number of anilines is 1. The molecule has 4 aromatic rings. The molecule has 9 heteroatoms. The number of hydrogen-bond donors (Lipinski definition) is 1. The van der Waals surface area contributed by atoms with Crippen molar-refractivity contribution in [2.75, 3.05) is 5.32 Å². The van der Waals surface area contributed by atoms with Gasteiger partial charge in [0.1, 0.15) is 23.2 Å². The van der Waals surface area contributed by atoms with Crippen LogP contribution < -0.4 is 5.32 Å². The summed E-state index contributed by atoms with van der Waals surface area (Å²) in [6, 6.07) is 18.0. The molecule has 32 heavy (non-hydrogen) atoms. The Kier molecular flexibility index (Phi) is 5.66. The maximum absolute atomic E-state index is 12.7. The van der Waals surface area contributed by atoms with Crippen LogP contribution in [0.4, 0.5) is 11.4 Å². The lowest BCUT2D eigenvalue weighted by Crippen LogP contribution is -2.13. The number of nitro groups is 1. The molecule has 0 bridgehead atoms. The average Bonchev–Trinajstić information content (AvgIpc) is 3.26. The monoisotopic (exact) mass is 444 g/mol. The van der Waals surface area contributed by atoms with Crippen molar-refractivity contribution < 1.29 is 14.1 Å². The molecule has 0 aliphatic rings. The van der Waals surface area contributed by atoms with Crippen LogP contribution in [0.1, 0.15) is 5.76 Å². The minimum atomic E-state index is -0.638. The Bertz CT molecular complexity index is 1430. The van der Waals surface area contributed by atoms with Gasteiger partial charge in [-0.25, -0.2) is 0 Å². The van der Waals surface area contributed by atoms with Crippen molar-refractivity contribution in [1.82, 2.24) is 4.98 Å². The van der Waals surface area contributed by atoms with Crippen LogP contribution in [0.15, 0.2) is 76.9 Å². The summed E-state index contributed by atoms with van der Waals surface area (Å²) in [6.45, 7) is 0. The van der Waals surface area contributed by atoms with Gasteiger partial charge in [-0.1, -0.05) is 29.8 Å². The number of benzene rings is 2. The van der Waals surface area contributed by atoms with Crippen LogP contribution >= 0.6 is 11.6 Å². The molecule has 8 nitrogen and oxygen atoms in total. The molecule has 156 valence electrons. The van der Waals surface area contributed by atoms with Crippen LogP contribution in [-0.2, 0) is 4.79 Å². The van der Waals surface area contributed by atoms with Gasteiger partial charge in [0.05, 0.1) is 21.7 Å². The zero-order chi connectivity index (χ0) is 22.7. The highest BCUT2D eigenvalue weighted by Gasteiger charge is 2.19. The number of para-hydroxylation sites is 1. The summed E-state index contributed by atoms with van der Waals surface area (Å²) in [7, 11) is 0. The van der Waals surface area contributed by atoms with E-state index < -0.39 is 10.8 Å². The van der Waals surface area contributed by atoms with Crippen molar-refractivity contribution in [2.45, 2.75) is 0 Å². The first-order valence-electron chi connectivity index (χ1n) is 9.27. The number of fused-ring (bicyclic) bond motifs is 1. The highest BCUT2D eigenvalue weighted by molar-refractivity contribution is 6.30. The van der Waals surface area contributed by atoms with Gasteiger partial charge in [-0.15, -0.1) is 0 Å². The number of pyridine rings is 1. The van der Waals surface area contributed by atoms with E-state index >= 15 is 0 Å². The third kappa shape index (κ3) is 4.19. The van der Waals surface area contributed by atoms with Gasteiger partial charge >= 0.3 is 0 Å². The molecule has 2 aromatic carbocycles. The summed E-state index contributed by atoms with van der Waals surface area (Å²) < 4.78 is 5.64. The van der Waals surface area contributed by atoms with Crippen LogP contribution in [0, 0.1) is 21.4 Å². The molecule has 0 saturated carbocycles. The fourth-order valence-electron chi connectivity index (χ4n) is 3.12. The summed E-state index contributed by atoms with van der Waals surface area (Å²) in [6.07, 6.45) is 2.87. The van der Waals surface area contributed by atoms with Crippen molar-refractivity contribution in [2.24, 2.45) is 0 Å². The van der Waals surface area contributed by atoms with E-state index in [0.717, 1.165) is 5.39 Å². The molecule has 1 amide bonds. The number of nitrogens with zero attached hydrogens (tertiary/aromatic N) is 3. The lowest BCUT2D eigenvalue weighted by Gasteiger charge is -2.07. The van der Waals surface area contributed by atoms with Gasteiger partial charge in [0.15, 0.2) is 0 Å². The van der Waals surface area contributed by atoms with Gasteiger partial charge in [0.25, 0.3) is 11.6 Å². The number of rotatable bonds is 5. The third-order valence-corrected chi connectivity index (χ3v) is 4.82. The summed E-state index contributed by atoms with van der Waals surface area (Å²) in [5.74, 6) is -0.247. The van der Waals surface area contributed by atoms with Crippen LogP contribution in [0.5, 0.6) is 0 Å². The van der Waals surface area contributed by atoms with Gasteiger partial charge in [-0.2, -0.15) is 5.26 Å². The Morgan fingerprint density at radius 3 is 2.78 bits per heavy atom. The van der Waals surface area contributed by atoms with Crippen LogP contribution in [0.3, 0.4) is 0 Å². The van der Waals surface area contributed by atoms with E-state index in [2.05, 4.69) is 10.3 Å². The normalized spacial score (nSPS) is 11.2. The summed E-state index contributed by atoms with van der Waals surface area (Å²) in [5.41, 5.74) is 0.861. The van der Waals surface area contributed by atoms with Crippen molar-refractivity contribution in [1.29, 1.82) is 5.26 Å². The number of amides is 1. The average molecular weight is 445 g/mol. The Morgan fingerprint density at radius 1 is 1.19 bits per heavy atom.